The van der Waals surface area contributed by atoms with Gasteiger partial charge < -0.3 is 15.0 Å². The molecule has 0 aromatic heterocycles. The van der Waals surface area contributed by atoms with Crippen molar-refractivity contribution in [1.82, 2.24) is 4.90 Å². The molecule has 4 aromatic rings. The van der Waals surface area contributed by atoms with Gasteiger partial charge in [0.05, 0.1) is 6.61 Å². The molecule has 0 radical (unpaired) electrons. The number of hydrogen-bond donors (Lipinski definition) is 1. The zero-order valence-electron chi connectivity index (χ0n) is 25.0. The Hall–Kier alpha value is -4.56. The number of ether oxygens (including phenoxy) is 1. The Bertz CT molecular complexity index is 1550. The number of carbonyl (C=O) groups excluding carboxylic acids is 2. The van der Waals surface area contributed by atoms with Crippen molar-refractivity contribution in [2.45, 2.75) is 32.2 Å². The van der Waals surface area contributed by atoms with E-state index in [-0.39, 0.29) is 17.4 Å². The van der Waals surface area contributed by atoms with Crippen LogP contribution in [-0.2, 0) is 15.5 Å². The predicted octanol–water partition coefficient (Wildman–Crippen LogP) is 7.53. The van der Waals surface area contributed by atoms with Gasteiger partial charge in [-0.3, -0.25) is 9.69 Å². The van der Waals surface area contributed by atoms with Gasteiger partial charge >= 0.3 is 5.97 Å². The molecule has 44 heavy (non-hydrogen) atoms. The smallest absolute Gasteiger partial charge is 0.328 e. The van der Waals surface area contributed by atoms with Gasteiger partial charge in [0.25, 0.3) is 11.8 Å². The van der Waals surface area contributed by atoms with Gasteiger partial charge in [0.2, 0.25) is 0 Å². The van der Waals surface area contributed by atoms with Crippen LogP contribution in [0.15, 0.2) is 103 Å². The van der Waals surface area contributed by atoms with E-state index in [2.05, 4.69) is 15.1 Å². The Kier molecular flexibility index (Phi) is 9.70. The van der Waals surface area contributed by atoms with Crippen molar-refractivity contribution in [2.24, 2.45) is 0 Å². The molecule has 6 nitrogen and oxygen atoms in total. The first kappa shape index (κ1) is 30.9. The van der Waals surface area contributed by atoms with Crippen LogP contribution >= 0.6 is 0 Å². The van der Waals surface area contributed by atoms with Crippen LogP contribution in [0.2, 0.25) is 0 Å². The lowest BCUT2D eigenvalue weighted by Gasteiger charge is -2.29. The molecule has 4 aromatic carbocycles. The van der Waals surface area contributed by atoms with Gasteiger partial charge in [-0.05, 0) is 60.4 Å². The third kappa shape index (κ3) is 7.32. The van der Waals surface area contributed by atoms with E-state index in [1.807, 2.05) is 73.7 Å². The second-order valence-corrected chi connectivity index (χ2v) is 11.0. The van der Waals surface area contributed by atoms with Crippen molar-refractivity contribution < 1.29 is 23.1 Å². The minimum absolute atomic E-state index is 0.0737. The summed E-state index contributed by atoms with van der Waals surface area (Å²) < 4.78 is 32.8. The van der Waals surface area contributed by atoms with Crippen molar-refractivity contribution in [3.05, 3.63) is 120 Å². The first-order valence-electron chi connectivity index (χ1n) is 14.9. The maximum Gasteiger partial charge on any atom is 0.328 e. The highest BCUT2D eigenvalue weighted by molar-refractivity contribution is 6.08. The predicted molar refractivity (Wildman–Crippen MR) is 170 cm³/mol. The molecule has 0 aliphatic carbocycles. The SMILES string of the molecule is CCOC(=O)C(c1ccccc1)N1CCCN(c2ccc(NC(=O)c3ccccc3-c3ccc(C(C)(F)F)cc3)cc2)CC1. The molecule has 228 valence electrons. The lowest BCUT2D eigenvalue weighted by Crippen LogP contribution is -2.38. The largest absolute Gasteiger partial charge is 0.465 e. The van der Waals surface area contributed by atoms with Crippen LogP contribution in [0.5, 0.6) is 0 Å². The highest BCUT2D eigenvalue weighted by atomic mass is 19.3. The number of halogens is 2. The van der Waals surface area contributed by atoms with E-state index in [1.54, 1.807) is 24.3 Å². The molecule has 1 saturated heterocycles. The Morgan fingerprint density at radius 1 is 0.841 bits per heavy atom. The van der Waals surface area contributed by atoms with E-state index in [0.29, 0.717) is 35.5 Å². The number of anilines is 2. The van der Waals surface area contributed by atoms with Gasteiger partial charge in [0.15, 0.2) is 0 Å². The second-order valence-electron chi connectivity index (χ2n) is 11.0. The monoisotopic (exact) mass is 597 g/mol. The number of nitrogens with one attached hydrogen (secondary N) is 1. The summed E-state index contributed by atoms with van der Waals surface area (Å²) in [5, 5.41) is 2.97. The van der Waals surface area contributed by atoms with E-state index in [9.17, 15) is 18.4 Å². The first-order chi connectivity index (χ1) is 21.2. The average Bonchev–Trinajstić information content (AvgIpc) is 3.28. The molecule has 8 heteroatoms. The molecule has 0 saturated carbocycles. The minimum atomic E-state index is -2.93. The van der Waals surface area contributed by atoms with E-state index in [4.69, 9.17) is 4.74 Å². The summed E-state index contributed by atoms with van der Waals surface area (Å²) in [7, 11) is 0. The number of amides is 1. The van der Waals surface area contributed by atoms with E-state index in [1.165, 1.54) is 12.1 Å². The number of nitrogens with zero attached hydrogens (tertiary/aromatic N) is 2. The molecule has 5 rings (SSSR count). The maximum absolute atomic E-state index is 13.7. The van der Waals surface area contributed by atoms with Crippen molar-refractivity contribution in [3.63, 3.8) is 0 Å². The Morgan fingerprint density at radius 3 is 2.20 bits per heavy atom. The average molecular weight is 598 g/mol. The van der Waals surface area contributed by atoms with Crippen molar-refractivity contribution >= 4 is 23.3 Å². The topological polar surface area (TPSA) is 61.9 Å². The van der Waals surface area contributed by atoms with Gasteiger partial charge in [-0.1, -0.05) is 72.8 Å². The molecule has 1 atom stereocenters. The van der Waals surface area contributed by atoms with Gasteiger partial charge in [-0.2, -0.15) is 0 Å². The van der Waals surface area contributed by atoms with Crippen LogP contribution in [0.4, 0.5) is 20.2 Å². The molecule has 1 aliphatic heterocycles. The van der Waals surface area contributed by atoms with Crippen molar-refractivity contribution in [1.29, 1.82) is 0 Å². The van der Waals surface area contributed by atoms with Gasteiger partial charge in [0.1, 0.15) is 6.04 Å². The standard InChI is InChI=1S/C36H37F2N3O3/c1-3-44-35(43)33(27-10-5-4-6-11-27)41-23-9-22-40(24-25-41)30-20-18-29(19-21-30)39-34(42)32-13-8-7-12-31(32)26-14-16-28(17-15-26)36(2,37)38/h4-8,10-21,33H,3,9,22-25H2,1-2H3,(H,39,42). The summed E-state index contributed by atoms with van der Waals surface area (Å²) in [4.78, 5) is 30.7. The summed E-state index contributed by atoms with van der Waals surface area (Å²) in [6.07, 6.45) is 0.884. The lowest BCUT2D eigenvalue weighted by atomic mass is 9.97. The number of esters is 1. The number of benzene rings is 4. The molecule has 1 heterocycles. The van der Waals surface area contributed by atoms with Crippen molar-refractivity contribution in [2.75, 3.05) is 43.0 Å². The summed E-state index contributed by atoms with van der Waals surface area (Å²) >= 11 is 0. The Labute approximate surface area is 257 Å². The fourth-order valence-corrected chi connectivity index (χ4v) is 5.64. The quantitative estimate of drug-likeness (QED) is 0.202. The highest BCUT2D eigenvalue weighted by Crippen LogP contribution is 2.31. The zero-order chi connectivity index (χ0) is 31.1. The molecular formula is C36H37F2N3O3. The molecule has 1 N–H and O–H groups in total. The molecule has 1 unspecified atom stereocenters. The number of alkyl halides is 2. The third-order valence-electron chi connectivity index (χ3n) is 7.89. The Morgan fingerprint density at radius 2 is 1.52 bits per heavy atom. The Balaban J connectivity index is 1.25. The minimum Gasteiger partial charge on any atom is -0.465 e. The van der Waals surface area contributed by atoms with Crippen LogP contribution in [0.3, 0.4) is 0 Å². The van der Waals surface area contributed by atoms with Crippen LogP contribution in [0.25, 0.3) is 11.1 Å². The summed E-state index contributed by atoms with van der Waals surface area (Å²) in [6, 6.07) is 30.2. The molecule has 1 fully saturated rings. The molecule has 0 bridgehead atoms. The lowest BCUT2D eigenvalue weighted by molar-refractivity contribution is -0.149. The molecule has 1 amide bonds. The third-order valence-corrected chi connectivity index (χ3v) is 7.89. The summed E-state index contributed by atoms with van der Waals surface area (Å²) in [5.74, 6) is -3.44. The summed E-state index contributed by atoms with van der Waals surface area (Å²) in [5.41, 5.74) is 4.35. The number of rotatable bonds is 9. The van der Waals surface area contributed by atoms with Crippen molar-refractivity contribution in [3.8, 4) is 11.1 Å². The van der Waals surface area contributed by atoms with Crippen LogP contribution < -0.4 is 10.2 Å². The first-order valence-corrected chi connectivity index (χ1v) is 14.9. The van der Waals surface area contributed by atoms with E-state index >= 15 is 0 Å². The second kappa shape index (κ2) is 13.8. The van der Waals surface area contributed by atoms with Gasteiger partial charge in [-0.25, -0.2) is 13.6 Å². The molecule has 1 aliphatic rings. The number of carbonyl (C=O) groups is 2. The normalized spacial score (nSPS) is 14.9. The molecular weight excluding hydrogens is 560 g/mol. The van der Waals surface area contributed by atoms with Crippen LogP contribution in [0, 0.1) is 0 Å². The maximum atomic E-state index is 13.7. The number of hydrogen-bond acceptors (Lipinski definition) is 5. The zero-order valence-corrected chi connectivity index (χ0v) is 25.0. The van der Waals surface area contributed by atoms with Crippen LogP contribution in [0.1, 0.15) is 47.8 Å². The van der Waals surface area contributed by atoms with E-state index in [0.717, 1.165) is 44.2 Å². The highest BCUT2D eigenvalue weighted by Gasteiger charge is 2.30. The van der Waals surface area contributed by atoms with Gasteiger partial charge in [-0.15, -0.1) is 0 Å². The van der Waals surface area contributed by atoms with Crippen LogP contribution in [-0.4, -0.2) is 49.6 Å². The summed E-state index contributed by atoms with van der Waals surface area (Å²) in [6.45, 7) is 6.07. The fourth-order valence-electron chi connectivity index (χ4n) is 5.64. The van der Waals surface area contributed by atoms with Gasteiger partial charge in [0, 0.05) is 55.6 Å². The van der Waals surface area contributed by atoms with E-state index < -0.39 is 12.0 Å². The molecule has 0 spiro atoms. The fraction of sp³-hybridized carbons (Fsp3) is 0.278.